The van der Waals surface area contributed by atoms with Crippen molar-refractivity contribution in [2.24, 2.45) is 0 Å². The predicted octanol–water partition coefficient (Wildman–Crippen LogP) is 4.00. The van der Waals surface area contributed by atoms with Gasteiger partial charge in [-0.3, -0.25) is 10.00 Å². The zero-order valence-electron chi connectivity index (χ0n) is 14.3. The van der Waals surface area contributed by atoms with Crippen LogP contribution in [0.3, 0.4) is 0 Å². The Morgan fingerprint density at radius 2 is 2.08 bits per heavy atom. The van der Waals surface area contributed by atoms with Crippen molar-refractivity contribution >= 4 is 17.5 Å². The summed E-state index contributed by atoms with van der Waals surface area (Å²) >= 11 is 0. The monoisotopic (exact) mass is 340 g/mol. The number of carbonyl (C=O) groups is 1. The molecule has 0 spiro atoms. The summed E-state index contributed by atoms with van der Waals surface area (Å²) in [4.78, 5) is 12.3. The highest BCUT2D eigenvalue weighted by Crippen LogP contribution is 2.21. The number of benzene rings is 1. The van der Waals surface area contributed by atoms with Gasteiger partial charge in [0.1, 0.15) is 0 Å². The van der Waals surface area contributed by atoms with Gasteiger partial charge in [0, 0.05) is 31.2 Å². The van der Waals surface area contributed by atoms with Crippen LogP contribution in [0.25, 0.3) is 0 Å². The second-order valence-corrected chi connectivity index (χ2v) is 6.09. The Bertz CT molecular complexity index is 720. The van der Waals surface area contributed by atoms with Gasteiger partial charge in [0.2, 0.25) is 0 Å². The lowest BCUT2D eigenvalue weighted by Crippen LogP contribution is -2.22. The Morgan fingerprint density at radius 1 is 1.28 bits per heavy atom. The molecule has 2 aromatic rings. The van der Waals surface area contributed by atoms with Crippen LogP contribution < -0.4 is 10.6 Å². The van der Waals surface area contributed by atoms with E-state index >= 15 is 0 Å². The number of aryl methyl sites for hydroxylation is 1. The number of nitrogens with zero attached hydrogens (tertiary/aromatic N) is 2. The van der Waals surface area contributed by atoms with Crippen LogP contribution in [0.5, 0.6) is 0 Å². The minimum Gasteiger partial charge on any atom is -0.381 e. The molecular weight excluding hydrogens is 316 g/mol. The number of anilines is 2. The molecule has 2 heterocycles. The van der Waals surface area contributed by atoms with E-state index < -0.39 is 0 Å². The van der Waals surface area contributed by atoms with Crippen molar-refractivity contribution in [3.63, 3.8) is 0 Å². The molecule has 1 saturated heterocycles. The zero-order chi connectivity index (χ0) is 17.5. The van der Waals surface area contributed by atoms with Gasteiger partial charge in [-0.05, 0) is 37.3 Å². The highest BCUT2D eigenvalue weighted by Gasteiger charge is 2.17. The first kappa shape index (κ1) is 17.2. The smallest absolute Gasteiger partial charge is 0.324 e. The molecule has 0 saturated carbocycles. The lowest BCUT2D eigenvalue weighted by molar-refractivity contribution is 0.0663. The van der Waals surface area contributed by atoms with E-state index in [4.69, 9.17) is 4.74 Å². The molecule has 6 heteroatoms. The summed E-state index contributed by atoms with van der Waals surface area (Å²) in [6, 6.07) is 9.66. The molecule has 2 N–H and O–H groups in total. The van der Waals surface area contributed by atoms with Crippen molar-refractivity contribution in [1.29, 1.82) is 0 Å². The van der Waals surface area contributed by atoms with Crippen molar-refractivity contribution in [3.05, 3.63) is 54.7 Å². The molecule has 0 bridgehead atoms. The minimum atomic E-state index is -0.289. The number of allylic oxidation sites excluding steroid dienone is 1. The van der Waals surface area contributed by atoms with E-state index in [2.05, 4.69) is 22.3 Å². The number of carbonyl (C=O) groups excluding carboxylic acids is 1. The SMILES string of the molecule is C=CCCc1ccccc1NC(=O)Nc1ccn(C2CCOCC2)n1. The Labute approximate surface area is 147 Å². The van der Waals surface area contributed by atoms with Crippen LogP contribution in [0.1, 0.15) is 30.9 Å². The largest absolute Gasteiger partial charge is 0.381 e. The quantitative estimate of drug-likeness (QED) is 0.781. The molecule has 1 aliphatic heterocycles. The highest BCUT2D eigenvalue weighted by molar-refractivity contribution is 5.99. The normalized spacial score (nSPS) is 14.9. The lowest BCUT2D eigenvalue weighted by atomic mass is 10.1. The third-order valence-electron chi connectivity index (χ3n) is 4.30. The Kier molecular flexibility index (Phi) is 5.85. The van der Waals surface area contributed by atoms with Crippen LogP contribution in [0.15, 0.2) is 49.2 Å². The molecule has 0 atom stereocenters. The van der Waals surface area contributed by atoms with Gasteiger partial charge in [-0.2, -0.15) is 5.10 Å². The first-order valence-electron chi connectivity index (χ1n) is 8.66. The number of para-hydroxylation sites is 1. The molecule has 0 radical (unpaired) electrons. The molecule has 25 heavy (non-hydrogen) atoms. The van der Waals surface area contributed by atoms with E-state index in [9.17, 15) is 4.79 Å². The summed E-state index contributed by atoms with van der Waals surface area (Å²) in [5.41, 5.74) is 1.90. The second-order valence-electron chi connectivity index (χ2n) is 6.09. The van der Waals surface area contributed by atoms with E-state index in [1.807, 2.05) is 47.3 Å². The third-order valence-corrected chi connectivity index (χ3v) is 4.30. The number of urea groups is 1. The standard InChI is InChI=1S/C19H24N4O2/c1-2-3-6-15-7-4-5-8-17(15)20-19(24)21-18-9-12-23(22-18)16-10-13-25-14-11-16/h2,4-5,7-9,12,16H,1,3,6,10-11,13-14H2,(H2,20,21,22,24). The summed E-state index contributed by atoms with van der Waals surface area (Å²) in [6.07, 6.45) is 7.39. The minimum absolute atomic E-state index is 0.289. The molecule has 3 rings (SSSR count). The van der Waals surface area contributed by atoms with Crippen LogP contribution in [0.4, 0.5) is 16.3 Å². The molecule has 0 aliphatic carbocycles. The zero-order valence-corrected chi connectivity index (χ0v) is 14.3. The maximum absolute atomic E-state index is 12.3. The molecule has 1 aliphatic rings. The second kappa shape index (κ2) is 8.48. The highest BCUT2D eigenvalue weighted by atomic mass is 16.5. The van der Waals surface area contributed by atoms with Gasteiger partial charge >= 0.3 is 6.03 Å². The van der Waals surface area contributed by atoms with Crippen LogP contribution in [0, 0.1) is 0 Å². The van der Waals surface area contributed by atoms with Gasteiger partial charge in [-0.15, -0.1) is 6.58 Å². The number of amides is 2. The van der Waals surface area contributed by atoms with Gasteiger partial charge < -0.3 is 10.1 Å². The first-order valence-corrected chi connectivity index (χ1v) is 8.66. The van der Waals surface area contributed by atoms with Gasteiger partial charge in [-0.25, -0.2) is 4.79 Å². The molecular formula is C19H24N4O2. The number of hydrogen-bond donors (Lipinski definition) is 2. The number of nitrogens with one attached hydrogen (secondary N) is 2. The number of rotatable bonds is 6. The summed E-state index contributed by atoms with van der Waals surface area (Å²) < 4.78 is 7.28. The molecule has 1 aromatic heterocycles. The van der Waals surface area contributed by atoms with Gasteiger partial charge in [-0.1, -0.05) is 24.3 Å². The maximum Gasteiger partial charge on any atom is 0.324 e. The van der Waals surface area contributed by atoms with Crippen LogP contribution in [0.2, 0.25) is 0 Å². The van der Waals surface area contributed by atoms with Crippen LogP contribution >= 0.6 is 0 Å². The Hall–Kier alpha value is -2.60. The van der Waals surface area contributed by atoms with Gasteiger partial charge in [0.25, 0.3) is 0 Å². The van der Waals surface area contributed by atoms with Crippen molar-refractivity contribution in [2.75, 3.05) is 23.8 Å². The average molecular weight is 340 g/mol. The van der Waals surface area contributed by atoms with Crippen LogP contribution in [-0.4, -0.2) is 29.0 Å². The maximum atomic E-state index is 12.3. The fourth-order valence-electron chi connectivity index (χ4n) is 2.95. The first-order chi connectivity index (χ1) is 12.3. The lowest BCUT2D eigenvalue weighted by Gasteiger charge is -2.22. The fourth-order valence-corrected chi connectivity index (χ4v) is 2.95. The summed E-state index contributed by atoms with van der Waals surface area (Å²) in [7, 11) is 0. The average Bonchev–Trinajstić information content (AvgIpc) is 3.10. The Balaban J connectivity index is 1.59. The van der Waals surface area contributed by atoms with Crippen molar-refractivity contribution < 1.29 is 9.53 Å². The molecule has 2 amide bonds. The molecule has 6 nitrogen and oxygen atoms in total. The number of hydrogen-bond acceptors (Lipinski definition) is 3. The van der Waals surface area contributed by atoms with Gasteiger partial charge in [0.05, 0.1) is 6.04 Å². The summed E-state index contributed by atoms with van der Waals surface area (Å²) in [5, 5.41) is 10.2. The molecule has 0 unspecified atom stereocenters. The Morgan fingerprint density at radius 3 is 2.88 bits per heavy atom. The predicted molar refractivity (Wildman–Crippen MR) is 98.9 cm³/mol. The molecule has 1 fully saturated rings. The third kappa shape index (κ3) is 4.70. The van der Waals surface area contributed by atoms with E-state index in [1.54, 1.807) is 0 Å². The van der Waals surface area contributed by atoms with E-state index in [0.29, 0.717) is 11.9 Å². The molecule has 1 aromatic carbocycles. The van der Waals surface area contributed by atoms with Crippen molar-refractivity contribution in [2.45, 2.75) is 31.7 Å². The van der Waals surface area contributed by atoms with Gasteiger partial charge in [0.15, 0.2) is 5.82 Å². The topological polar surface area (TPSA) is 68.2 Å². The van der Waals surface area contributed by atoms with E-state index in [-0.39, 0.29) is 6.03 Å². The number of aromatic nitrogens is 2. The van der Waals surface area contributed by atoms with Crippen molar-refractivity contribution in [1.82, 2.24) is 9.78 Å². The summed E-state index contributed by atoms with van der Waals surface area (Å²) in [5.74, 6) is 0.549. The fraction of sp³-hybridized carbons (Fsp3) is 0.368. The van der Waals surface area contributed by atoms with Crippen LogP contribution in [-0.2, 0) is 11.2 Å². The van der Waals surface area contributed by atoms with Crippen molar-refractivity contribution in [3.8, 4) is 0 Å². The van der Waals surface area contributed by atoms with E-state index in [0.717, 1.165) is 50.1 Å². The number of ether oxygens (including phenoxy) is 1. The summed E-state index contributed by atoms with van der Waals surface area (Å²) in [6.45, 7) is 5.26. The van der Waals surface area contributed by atoms with E-state index in [1.165, 1.54) is 0 Å². The molecule has 132 valence electrons.